The molecule has 4 unspecified atom stereocenters. The third-order valence-electron chi connectivity index (χ3n) is 8.87. The molecule has 2 N–H and O–H groups in total. The van der Waals surface area contributed by atoms with Gasteiger partial charge in [-0.3, -0.25) is 29.0 Å². The van der Waals surface area contributed by atoms with E-state index in [-0.39, 0.29) is 11.8 Å². The van der Waals surface area contributed by atoms with E-state index in [2.05, 4.69) is 0 Å². The predicted octanol–water partition coefficient (Wildman–Crippen LogP) is 6.95. The summed E-state index contributed by atoms with van der Waals surface area (Å²) in [7, 11) is 0. The van der Waals surface area contributed by atoms with Gasteiger partial charge in [-0.05, 0) is 71.5 Å². The molecule has 222 valence electrons. The highest BCUT2D eigenvalue weighted by Crippen LogP contribution is 2.51. The number of anilines is 2. The molecule has 0 aliphatic carbocycles. The first kappa shape index (κ1) is 28.9. The molecule has 0 radical (unpaired) electrons. The summed E-state index contributed by atoms with van der Waals surface area (Å²) in [5.41, 5.74) is 5.15. The number of benzene rings is 4. The average molecular weight is 589 g/mol. The molecule has 4 atom stereocenters. The van der Waals surface area contributed by atoms with E-state index in [4.69, 9.17) is 0 Å². The van der Waals surface area contributed by atoms with Crippen LogP contribution in [0.25, 0.3) is 0 Å². The van der Waals surface area contributed by atoms with E-state index >= 15 is 0 Å². The molecule has 0 saturated heterocycles. The Balaban J connectivity index is 1.49. The number of nitrogens with zero attached hydrogens (tertiary/aromatic N) is 2. The lowest BCUT2D eigenvalue weighted by Gasteiger charge is -2.36. The van der Waals surface area contributed by atoms with Gasteiger partial charge >= 0.3 is 11.9 Å². The highest BCUT2D eigenvalue weighted by molar-refractivity contribution is 6.14. The minimum absolute atomic E-state index is 0.206. The topological polar surface area (TPSA) is 115 Å². The molecular weight excluding hydrogens is 556 g/mol. The second-order valence-electron chi connectivity index (χ2n) is 11.2. The first-order chi connectivity index (χ1) is 21.3. The molecule has 8 heteroatoms. The third-order valence-corrected chi connectivity index (χ3v) is 8.87. The van der Waals surface area contributed by atoms with Crippen LogP contribution in [0.5, 0.6) is 0 Å². The van der Waals surface area contributed by atoms with E-state index in [1.807, 2.05) is 50.2 Å². The molecule has 4 aromatic rings. The number of fused-ring (bicyclic) bond motifs is 2. The second-order valence-corrected chi connectivity index (χ2v) is 11.2. The fourth-order valence-corrected chi connectivity index (χ4v) is 6.71. The van der Waals surface area contributed by atoms with Crippen molar-refractivity contribution in [3.05, 3.63) is 130 Å². The average Bonchev–Trinajstić information content (AvgIpc) is 3.48. The summed E-state index contributed by atoms with van der Waals surface area (Å²) in [6.07, 6.45) is 0.872. The Morgan fingerprint density at radius 1 is 0.591 bits per heavy atom. The van der Waals surface area contributed by atoms with Crippen LogP contribution in [-0.4, -0.2) is 34.0 Å². The number of rotatable bonds is 9. The van der Waals surface area contributed by atoms with Crippen LogP contribution < -0.4 is 9.80 Å². The summed E-state index contributed by atoms with van der Waals surface area (Å²) in [4.78, 5) is 55.1. The van der Waals surface area contributed by atoms with Gasteiger partial charge in [-0.1, -0.05) is 74.5 Å². The van der Waals surface area contributed by atoms with E-state index in [0.717, 1.165) is 11.1 Å². The smallest absolute Gasteiger partial charge is 0.310 e. The summed E-state index contributed by atoms with van der Waals surface area (Å²) in [6.45, 7) is 3.65. The van der Waals surface area contributed by atoms with Gasteiger partial charge < -0.3 is 10.2 Å². The van der Waals surface area contributed by atoms with Crippen molar-refractivity contribution in [2.24, 2.45) is 0 Å². The molecule has 2 amide bonds. The predicted molar refractivity (Wildman–Crippen MR) is 166 cm³/mol. The number of carbonyl (C=O) groups is 4. The highest BCUT2D eigenvalue weighted by Gasteiger charge is 2.50. The normalized spacial score (nSPS) is 18.6. The van der Waals surface area contributed by atoms with Gasteiger partial charge in [0.15, 0.2) is 0 Å². The Hall–Kier alpha value is -5.24. The lowest BCUT2D eigenvalue weighted by molar-refractivity contribution is -0.139. The zero-order chi connectivity index (χ0) is 31.1. The zero-order valence-electron chi connectivity index (χ0n) is 24.4. The lowest BCUT2D eigenvalue weighted by atomic mass is 9.91. The first-order valence-electron chi connectivity index (χ1n) is 14.8. The SMILES string of the molecule is CCC(C(=O)O)c1ccc(N2C(=O)c3ccccc3C2C2c3ccccc3C(=O)N2c2ccc(C(CC)C(=O)O)cc2)cc1. The molecule has 0 saturated carbocycles. The molecule has 0 bridgehead atoms. The van der Waals surface area contributed by atoms with E-state index < -0.39 is 35.9 Å². The van der Waals surface area contributed by atoms with Gasteiger partial charge in [-0.2, -0.15) is 0 Å². The van der Waals surface area contributed by atoms with Crippen LogP contribution >= 0.6 is 0 Å². The van der Waals surface area contributed by atoms with Crippen molar-refractivity contribution in [1.29, 1.82) is 0 Å². The summed E-state index contributed by atoms with van der Waals surface area (Å²) < 4.78 is 0. The molecule has 6 rings (SSSR count). The summed E-state index contributed by atoms with van der Waals surface area (Å²) >= 11 is 0. The fourth-order valence-electron chi connectivity index (χ4n) is 6.71. The lowest BCUT2D eigenvalue weighted by Crippen LogP contribution is -2.39. The van der Waals surface area contributed by atoms with Gasteiger partial charge in [0, 0.05) is 22.5 Å². The van der Waals surface area contributed by atoms with Gasteiger partial charge in [0.05, 0.1) is 23.9 Å². The Kier molecular flexibility index (Phi) is 7.51. The summed E-state index contributed by atoms with van der Waals surface area (Å²) in [5.74, 6) is -3.53. The fraction of sp³-hybridized carbons (Fsp3) is 0.222. The number of hydrogen-bond acceptors (Lipinski definition) is 4. The van der Waals surface area contributed by atoms with Crippen LogP contribution in [0.2, 0.25) is 0 Å². The molecule has 4 aromatic carbocycles. The van der Waals surface area contributed by atoms with Gasteiger partial charge in [0.1, 0.15) is 0 Å². The third kappa shape index (κ3) is 4.63. The van der Waals surface area contributed by atoms with E-state index in [0.29, 0.717) is 46.5 Å². The minimum atomic E-state index is -0.904. The monoisotopic (exact) mass is 588 g/mol. The van der Waals surface area contributed by atoms with Crippen molar-refractivity contribution in [1.82, 2.24) is 0 Å². The van der Waals surface area contributed by atoms with Crippen LogP contribution in [0, 0.1) is 0 Å². The summed E-state index contributed by atoms with van der Waals surface area (Å²) in [6, 6.07) is 27.7. The zero-order valence-corrected chi connectivity index (χ0v) is 24.4. The van der Waals surface area contributed by atoms with Crippen molar-refractivity contribution in [3.63, 3.8) is 0 Å². The highest BCUT2D eigenvalue weighted by atomic mass is 16.4. The van der Waals surface area contributed by atoms with Crippen molar-refractivity contribution in [2.75, 3.05) is 9.80 Å². The molecular formula is C36H32N2O6. The minimum Gasteiger partial charge on any atom is -0.481 e. The standard InChI is InChI=1S/C36H32N2O6/c1-3-25(35(41)42)21-13-17-23(18-14-21)37-31(27-9-5-7-11-29(27)33(37)39)32-28-10-6-8-12-30(28)34(40)38(32)24-19-15-22(16-20-24)26(4-2)36(43)44/h5-20,25-26,31-32H,3-4H2,1-2H3,(H,41,42)(H,43,44). The van der Waals surface area contributed by atoms with Crippen LogP contribution in [-0.2, 0) is 9.59 Å². The first-order valence-corrected chi connectivity index (χ1v) is 14.8. The number of carboxylic acids is 2. The van der Waals surface area contributed by atoms with Gasteiger partial charge in [-0.25, -0.2) is 0 Å². The van der Waals surface area contributed by atoms with Crippen molar-refractivity contribution in [3.8, 4) is 0 Å². The van der Waals surface area contributed by atoms with Gasteiger partial charge in [0.2, 0.25) is 0 Å². The van der Waals surface area contributed by atoms with Gasteiger partial charge in [-0.15, -0.1) is 0 Å². The van der Waals surface area contributed by atoms with E-state index in [9.17, 15) is 29.4 Å². The Morgan fingerprint density at radius 3 is 1.25 bits per heavy atom. The molecule has 2 heterocycles. The Labute approximate surface area is 255 Å². The van der Waals surface area contributed by atoms with Crippen LogP contribution in [0.15, 0.2) is 97.1 Å². The number of aliphatic carboxylic acids is 2. The van der Waals surface area contributed by atoms with Crippen molar-refractivity contribution >= 4 is 35.1 Å². The number of amides is 2. The molecule has 2 aliphatic rings. The Bertz CT molecular complexity index is 1630. The van der Waals surface area contributed by atoms with Crippen molar-refractivity contribution in [2.45, 2.75) is 50.6 Å². The van der Waals surface area contributed by atoms with Crippen LogP contribution in [0.1, 0.15) is 93.6 Å². The Morgan fingerprint density at radius 2 is 0.932 bits per heavy atom. The molecule has 8 nitrogen and oxygen atoms in total. The maximum absolute atomic E-state index is 14.1. The van der Waals surface area contributed by atoms with Crippen LogP contribution in [0.4, 0.5) is 11.4 Å². The number of carbonyl (C=O) groups excluding carboxylic acids is 2. The second kappa shape index (κ2) is 11.4. The maximum Gasteiger partial charge on any atom is 0.310 e. The molecule has 2 aliphatic heterocycles. The van der Waals surface area contributed by atoms with Crippen molar-refractivity contribution < 1.29 is 29.4 Å². The molecule has 0 aromatic heterocycles. The number of hydrogen-bond donors (Lipinski definition) is 2. The summed E-state index contributed by atoms with van der Waals surface area (Å²) in [5, 5.41) is 19.3. The molecule has 0 fully saturated rings. The molecule has 0 spiro atoms. The van der Waals surface area contributed by atoms with Gasteiger partial charge in [0.25, 0.3) is 11.8 Å². The largest absolute Gasteiger partial charge is 0.481 e. The van der Waals surface area contributed by atoms with Crippen LogP contribution in [0.3, 0.4) is 0 Å². The van der Waals surface area contributed by atoms with E-state index in [1.165, 1.54) is 0 Å². The van der Waals surface area contributed by atoms with E-state index in [1.54, 1.807) is 70.5 Å². The number of carboxylic acid groups (broad SMARTS) is 2. The quantitative estimate of drug-likeness (QED) is 0.219. The molecule has 44 heavy (non-hydrogen) atoms. The maximum atomic E-state index is 14.1.